The Morgan fingerprint density at radius 3 is 2.83 bits per heavy atom. The zero-order valence-corrected chi connectivity index (χ0v) is 12.5. The monoisotopic (exact) mass is 322 g/mol. The lowest BCUT2D eigenvalue weighted by Gasteiger charge is -1.99. The van der Waals surface area contributed by atoms with Crippen molar-refractivity contribution in [3.8, 4) is 11.4 Å². The molecule has 0 radical (unpaired) electrons. The van der Waals surface area contributed by atoms with Crippen LogP contribution in [0.3, 0.4) is 0 Å². The molecule has 0 fully saturated rings. The zero-order valence-electron chi connectivity index (χ0n) is 12.5. The van der Waals surface area contributed by atoms with Gasteiger partial charge in [-0.15, -0.1) is 0 Å². The van der Waals surface area contributed by atoms with E-state index in [2.05, 4.69) is 15.6 Å². The highest BCUT2D eigenvalue weighted by atomic mass is 16.3. The van der Waals surface area contributed by atoms with Crippen LogP contribution in [0.5, 0.6) is 5.75 Å². The first kappa shape index (κ1) is 15.3. The van der Waals surface area contributed by atoms with Gasteiger partial charge in [-0.25, -0.2) is 10.1 Å². The summed E-state index contributed by atoms with van der Waals surface area (Å²) in [6, 6.07) is 12.7. The molecule has 3 aromatic rings. The van der Waals surface area contributed by atoms with Gasteiger partial charge in [0.2, 0.25) is 0 Å². The number of rotatable bonds is 5. The van der Waals surface area contributed by atoms with Crippen molar-refractivity contribution in [1.29, 1.82) is 0 Å². The van der Waals surface area contributed by atoms with E-state index in [0.717, 1.165) is 5.69 Å². The lowest BCUT2D eigenvalue weighted by molar-refractivity contribution is 0.0947. The third-order valence-electron chi connectivity index (χ3n) is 3.06. The molecule has 120 valence electrons. The molecule has 2 aromatic heterocycles. The predicted octanol–water partition coefficient (Wildman–Crippen LogP) is 2.60. The maximum Gasteiger partial charge on any atom is 0.295 e. The van der Waals surface area contributed by atoms with Gasteiger partial charge in [0.1, 0.15) is 5.76 Å². The summed E-state index contributed by atoms with van der Waals surface area (Å²) in [5, 5.41) is 17.7. The van der Waals surface area contributed by atoms with E-state index in [1.165, 1.54) is 17.1 Å². The van der Waals surface area contributed by atoms with Crippen LogP contribution in [0.2, 0.25) is 0 Å². The van der Waals surface area contributed by atoms with Gasteiger partial charge >= 0.3 is 0 Å². The number of hydrogen-bond donors (Lipinski definition) is 2. The van der Waals surface area contributed by atoms with Crippen molar-refractivity contribution in [1.82, 2.24) is 15.2 Å². The summed E-state index contributed by atoms with van der Waals surface area (Å²) in [5.41, 5.74) is 2.93. The number of hydrazone groups is 1. The molecule has 0 saturated carbocycles. The van der Waals surface area contributed by atoms with E-state index < -0.39 is 5.91 Å². The summed E-state index contributed by atoms with van der Waals surface area (Å²) in [6.45, 7) is 0. The highest BCUT2D eigenvalue weighted by Crippen LogP contribution is 2.17. The molecule has 0 aliphatic heterocycles. The van der Waals surface area contributed by atoms with Gasteiger partial charge in [-0.1, -0.05) is 18.2 Å². The molecule has 0 aliphatic carbocycles. The van der Waals surface area contributed by atoms with E-state index in [1.54, 1.807) is 30.5 Å². The molecule has 0 atom stereocenters. The number of carbonyl (C=O) groups is 1. The highest BCUT2D eigenvalue weighted by molar-refractivity contribution is 5.95. The van der Waals surface area contributed by atoms with Crippen LogP contribution >= 0.6 is 0 Å². The molecule has 2 heterocycles. The van der Waals surface area contributed by atoms with E-state index in [0.29, 0.717) is 5.76 Å². The van der Waals surface area contributed by atoms with Crippen LogP contribution in [0.15, 0.2) is 70.5 Å². The van der Waals surface area contributed by atoms with Crippen LogP contribution in [-0.2, 0) is 0 Å². The summed E-state index contributed by atoms with van der Waals surface area (Å²) in [4.78, 5) is 12.0. The minimum Gasteiger partial charge on any atom is -0.504 e. The van der Waals surface area contributed by atoms with Crippen molar-refractivity contribution in [3.63, 3.8) is 0 Å². The number of amides is 1. The molecule has 0 unspecified atom stereocenters. The highest BCUT2D eigenvalue weighted by Gasteiger charge is 2.16. The van der Waals surface area contributed by atoms with Crippen molar-refractivity contribution in [2.45, 2.75) is 0 Å². The van der Waals surface area contributed by atoms with E-state index in [1.807, 2.05) is 30.3 Å². The van der Waals surface area contributed by atoms with Crippen LogP contribution in [-0.4, -0.2) is 27.0 Å². The fourth-order valence-electron chi connectivity index (χ4n) is 1.96. The Morgan fingerprint density at radius 1 is 1.25 bits per heavy atom. The number of hydrogen-bond acceptors (Lipinski definition) is 5. The van der Waals surface area contributed by atoms with E-state index in [4.69, 9.17) is 4.42 Å². The Hall–Kier alpha value is -3.61. The molecule has 0 spiro atoms. The minimum absolute atomic E-state index is 0.106. The van der Waals surface area contributed by atoms with Crippen molar-refractivity contribution in [2.24, 2.45) is 5.10 Å². The van der Waals surface area contributed by atoms with E-state index >= 15 is 0 Å². The molecule has 0 saturated heterocycles. The van der Waals surface area contributed by atoms with Crippen molar-refractivity contribution >= 4 is 18.2 Å². The number of aromatic nitrogens is 2. The number of benzene rings is 1. The van der Waals surface area contributed by atoms with Gasteiger partial charge in [-0.3, -0.25) is 4.79 Å². The SMILES string of the molecule is O=C(NN=C/C=C/c1ccco1)c1nn(-c2ccccc2)cc1O. The summed E-state index contributed by atoms with van der Waals surface area (Å²) in [5.74, 6) is -0.158. The molecule has 24 heavy (non-hydrogen) atoms. The molecule has 7 nitrogen and oxygen atoms in total. The quantitative estimate of drug-likeness (QED) is 0.558. The molecule has 2 N–H and O–H groups in total. The van der Waals surface area contributed by atoms with Gasteiger partial charge in [0.25, 0.3) is 5.91 Å². The van der Waals surface area contributed by atoms with Gasteiger partial charge in [-0.05, 0) is 36.4 Å². The second-order valence-corrected chi connectivity index (χ2v) is 4.74. The standard InChI is InChI=1S/C17H14N4O3/c22-15-12-21(13-6-2-1-3-7-13)20-16(15)17(23)19-18-10-4-8-14-9-5-11-24-14/h1-12,22H,(H,19,23)/b8-4+,18-10?. The third-order valence-corrected chi connectivity index (χ3v) is 3.06. The Balaban J connectivity index is 1.64. The lowest BCUT2D eigenvalue weighted by atomic mass is 10.3. The first-order valence-electron chi connectivity index (χ1n) is 7.11. The number of nitrogens with one attached hydrogen (secondary N) is 1. The number of nitrogens with zero attached hydrogens (tertiary/aromatic N) is 3. The fourth-order valence-corrected chi connectivity index (χ4v) is 1.96. The summed E-state index contributed by atoms with van der Waals surface area (Å²) < 4.78 is 6.53. The van der Waals surface area contributed by atoms with Gasteiger partial charge in [0.15, 0.2) is 11.4 Å². The van der Waals surface area contributed by atoms with Crippen LogP contribution in [0.4, 0.5) is 0 Å². The Morgan fingerprint density at radius 2 is 2.08 bits per heavy atom. The molecule has 1 amide bonds. The molecule has 0 bridgehead atoms. The summed E-state index contributed by atoms with van der Waals surface area (Å²) >= 11 is 0. The van der Waals surface area contributed by atoms with Crippen LogP contribution in [0.1, 0.15) is 16.2 Å². The fraction of sp³-hybridized carbons (Fsp3) is 0. The predicted molar refractivity (Wildman–Crippen MR) is 88.9 cm³/mol. The first-order valence-corrected chi connectivity index (χ1v) is 7.11. The van der Waals surface area contributed by atoms with Gasteiger partial charge in [0.05, 0.1) is 18.1 Å². The Labute approximate surface area is 137 Å². The van der Waals surface area contributed by atoms with Crippen LogP contribution in [0.25, 0.3) is 11.8 Å². The molecule has 7 heteroatoms. The second kappa shape index (κ2) is 7.10. The number of furan rings is 1. The summed E-state index contributed by atoms with van der Waals surface area (Å²) in [7, 11) is 0. The lowest BCUT2D eigenvalue weighted by Crippen LogP contribution is -2.18. The Kier molecular flexibility index (Phi) is 4.52. The minimum atomic E-state index is -0.607. The van der Waals surface area contributed by atoms with Gasteiger partial charge in [0, 0.05) is 6.21 Å². The largest absolute Gasteiger partial charge is 0.504 e. The van der Waals surface area contributed by atoms with E-state index in [9.17, 15) is 9.90 Å². The number of carbonyl (C=O) groups excluding carboxylic acids is 1. The van der Waals surface area contributed by atoms with Crippen molar-refractivity contribution in [2.75, 3.05) is 0 Å². The maximum absolute atomic E-state index is 12.0. The van der Waals surface area contributed by atoms with Crippen molar-refractivity contribution < 1.29 is 14.3 Å². The average molecular weight is 322 g/mol. The third kappa shape index (κ3) is 3.58. The summed E-state index contributed by atoms with van der Waals surface area (Å²) in [6.07, 6.45) is 7.62. The average Bonchev–Trinajstić information content (AvgIpc) is 3.25. The number of allylic oxidation sites excluding steroid dienone is 1. The van der Waals surface area contributed by atoms with Crippen LogP contribution in [0, 0.1) is 0 Å². The molecule has 3 rings (SSSR count). The zero-order chi connectivity index (χ0) is 16.8. The smallest absolute Gasteiger partial charge is 0.295 e. The second-order valence-electron chi connectivity index (χ2n) is 4.74. The molecule has 1 aromatic carbocycles. The Bertz CT molecular complexity index is 865. The van der Waals surface area contributed by atoms with Crippen molar-refractivity contribution in [3.05, 3.63) is 72.5 Å². The molecular weight excluding hydrogens is 308 g/mol. The number of aromatic hydroxyl groups is 1. The number of para-hydroxylation sites is 1. The molecular formula is C17H14N4O3. The van der Waals surface area contributed by atoms with Gasteiger partial charge < -0.3 is 9.52 Å². The first-order chi connectivity index (χ1) is 11.7. The molecule has 0 aliphatic rings. The maximum atomic E-state index is 12.0. The topological polar surface area (TPSA) is 92.7 Å². The van der Waals surface area contributed by atoms with Crippen LogP contribution < -0.4 is 5.43 Å². The normalized spacial score (nSPS) is 11.3. The van der Waals surface area contributed by atoms with Gasteiger partial charge in [-0.2, -0.15) is 10.2 Å². The van der Waals surface area contributed by atoms with E-state index in [-0.39, 0.29) is 11.4 Å².